The summed E-state index contributed by atoms with van der Waals surface area (Å²) in [6.45, 7) is 2.07. The number of halogens is 1. The maximum atomic E-state index is 14.8. The van der Waals surface area contributed by atoms with E-state index >= 15 is 0 Å². The first kappa shape index (κ1) is 16.6. The number of allylic oxidation sites excluding steroid dienone is 1. The number of fused-ring (bicyclic) bond motifs is 1. The van der Waals surface area contributed by atoms with E-state index in [9.17, 15) is 4.39 Å². The van der Waals surface area contributed by atoms with Gasteiger partial charge in [-0.05, 0) is 36.6 Å². The maximum absolute atomic E-state index is 14.8. The van der Waals surface area contributed by atoms with Crippen molar-refractivity contribution in [2.24, 2.45) is 0 Å². The molecular formula is C24H21FO. The monoisotopic (exact) mass is 344 g/mol. The van der Waals surface area contributed by atoms with Gasteiger partial charge in [0.25, 0.3) is 0 Å². The summed E-state index contributed by atoms with van der Waals surface area (Å²) in [4.78, 5) is 0. The highest BCUT2D eigenvalue weighted by atomic mass is 19.1. The molecule has 0 aromatic heterocycles. The summed E-state index contributed by atoms with van der Waals surface area (Å²) >= 11 is 0. The predicted molar refractivity (Wildman–Crippen MR) is 104 cm³/mol. The molecular weight excluding hydrogens is 323 g/mol. The first-order chi connectivity index (χ1) is 12.6. The van der Waals surface area contributed by atoms with Gasteiger partial charge in [0.05, 0.1) is 7.11 Å². The van der Waals surface area contributed by atoms with Crippen molar-refractivity contribution in [1.82, 2.24) is 0 Å². The van der Waals surface area contributed by atoms with E-state index < -0.39 is 5.41 Å². The molecule has 0 spiro atoms. The third-order valence-electron chi connectivity index (χ3n) is 5.30. The average molecular weight is 344 g/mol. The van der Waals surface area contributed by atoms with E-state index in [1.807, 2.05) is 24.3 Å². The lowest BCUT2D eigenvalue weighted by molar-refractivity contribution is 0.412. The maximum Gasteiger partial charge on any atom is 0.127 e. The van der Waals surface area contributed by atoms with Gasteiger partial charge in [0.1, 0.15) is 11.6 Å². The van der Waals surface area contributed by atoms with Crippen LogP contribution in [0.1, 0.15) is 27.8 Å². The standard InChI is InChI=1S/C24H21FO/c1-17-10-12-19(13-11-17)24(21-7-3-4-8-22(21)25)15-14-20-18(16-24)6-5-9-23(20)26-2/h3-15H,16H2,1-2H3. The molecule has 1 nitrogen and oxygen atoms in total. The number of hydrogen-bond donors (Lipinski definition) is 0. The van der Waals surface area contributed by atoms with Crippen LogP contribution in [0.15, 0.2) is 72.8 Å². The quantitative estimate of drug-likeness (QED) is 0.592. The number of aryl methyl sites for hydroxylation is 1. The molecule has 0 saturated heterocycles. The Hall–Kier alpha value is -2.87. The van der Waals surface area contributed by atoms with Crippen molar-refractivity contribution < 1.29 is 9.13 Å². The highest BCUT2D eigenvalue weighted by Gasteiger charge is 2.37. The SMILES string of the molecule is COc1cccc2c1C=CC(c1ccc(C)cc1)(c1ccccc1F)C2. The Labute approximate surface area is 153 Å². The first-order valence-corrected chi connectivity index (χ1v) is 8.81. The van der Waals surface area contributed by atoms with Crippen molar-refractivity contribution in [2.45, 2.75) is 18.8 Å². The Morgan fingerprint density at radius 2 is 1.69 bits per heavy atom. The topological polar surface area (TPSA) is 9.23 Å². The zero-order valence-electron chi connectivity index (χ0n) is 15.0. The summed E-state index contributed by atoms with van der Waals surface area (Å²) < 4.78 is 20.4. The van der Waals surface area contributed by atoms with Crippen LogP contribution >= 0.6 is 0 Å². The molecule has 1 aliphatic carbocycles. The van der Waals surface area contributed by atoms with Gasteiger partial charge in [-0.1, -0.05) is 72.3 Å². The highest BCUT2D eigenvalue weighted by Crippen LogP contribution is 2.44. The molecule has 4 rings (SSSR count). The van der Waals surface area contributed by atoms with E-state index in [4.69, 9.17) is 4.74 Å². The Bertz CT molecular complexity index is 972. The molecule has 130 valence electrons. The molecule has 0 radical (unpaired) electrons. The van der Waals surface area contributed by atoms with Crippen LogP contribution in [0.25, 0.3) is 6.08 Å². The molecule has 2 heteroatoms. The van der Waals surface area contributed by atoms with Gasteiger partial charge >= 0.3 is 0 Å². The van der Waals surface area contributed by atoms with Crippen molar-refractivity contribution in [3.8, 4) is 5.75 Å². The molecule has 1 atom stereocenters. The second-order valence-electron chi connectivity index (χ2n) is 6.86. The Balaban J connectivity index is 1.95. The smallest absolute Gasteiger partial charge is 0.127 e. The lowest BCUT2D eigenvalue weighted by Crippen LogP contribution is -2.31. The van der Waals surface area contributed by atoms with E-state index in [1.54, 1.807) is 19.2 Å². The van der Waals surface area contributed by atoms with Crippen LogP contribution in [-0.4, -0.2) is 7.11 Å². The molecule has 1 aliphatic rings. The van der Waals surface area contributed by atoms with E-state index in [1.165, 1.54) is 5.56 Å². The highest BCUT2D eigenvalue weighted by molar-refractivity contribution is 5.68. The van der Waals surface area contributed by atoms with Crippen LogP contribution in [0.5, 0.6) is 5.75 Å². The average Bonchev–Trinajstić information content (AvgIpc) is 2.68. The minimum atomic E-state index is -0.529. The fraction of sp³-hybridized carbons (Fsp3) is 0.167. The molecule has 3 aromatic carbocycles. The van der Waals surface area contributed by atoms with Gasteiger partial charge in [0, 0.05) is 16.5 Å². The number of ether oxygens (including phenoxy) is 1. The van der Waals surface area contributed by atoms with Gasteiger partial charge in [-0.3, -0.25) is 0 Å². The zero-order chi connectivity index (χ0) is 18.1. The van der Waals surface area contributed by atoms with Gasteiger partial charge in [-0.15, -0.1) is 0 Å². The van der Waals surface area contributed by atoms with E-state index in [0.717, 1.165) is 22.4 Å². The van der Waals surface area contributed by atoms with Gasteiger partial charge in [0.2, 0.25) is 0 Å². The Morgan fingerprint density at radius 1 is 0.923 bits per heavy atom. The number of rotatable bonds is 3. The summed E-state index contributed by atoms with van der Waals surface area (Å²) in [7, 11) is 1.68. The molecule has 0 heterocycles. The van der Waals surface area contributed by atoms with Crippen LogP contribution in [0.4, 0.5) is 4.39 Å². The summed E-state index contributed by atoms with van der Waals surface area (Å²) in [6, 6.07) is 21.5. The van der Waals surface area contributed by atoms with Gasteiger partial charge in [-0.2, -0.15) is 0 Å². The molecule has 0 amide bonds. The zero-order valence-corrected chi connectivity index (χ0v) is 15.0. The predicted octanol–water partition coefficient (Wildman–Crippen LogP) is 5.70. The fourth-order valence-electron chi connectivity index (χ4n) is 3.91. The van der Waals surface area contributed by atoms with Crippen LogP contribution in [-0.2, 0) is 11.8 Å². The van der Waals surface area contributed by atoms with Crippen molar-refractivity contribution in [3.63, 3.8) is 0 Å². The van der Waals surface area contributed by atoms with Gasteiger partial charge in [-0.25, -0.2) is 4.39 Å². The van der Waals surface area contributed by atoms with Crippen molar-refractivity contribution in [3.05, 3.63) is 106 Å². The Kier molecular flexibility index (Phi) is 4.12. The van der Waals surface area contributed by atoms with Gasteiger partial charge in [0.15, 0.2) is 0 Å². The number of benzene rings is 3. The number of hydrogen-bond acceptors (Lipinski definition) is 1. The lowest BCUT2D eigenvalue weighted by Gasteiger charge is -2.36. The summed E-state index contributed by atoms with van der Waals surface area (Å²) in [5.41, 5.74) is 4.70. The van der Waals surface area contributed by atoms with Crippen LogP contribution in [0.2, 0.25) is 0 Å². The van der Waals surface area contributed by atoms with Crippen molar-refractivity contribution >= 4 is 6.08 Å². The molecule has 0 fully saturated rings. The molecule has 1 unspecified atom stereocenters. The second kappa shape index (κ2) is 6.45. The van der Waals surface area contributed by atoms with Crippen molar-refractivity contribution in [2.75, 3.05) is 7.11 Å². The third-order valence-corrected chi connectivity index (χ3v) is 5.30. The van der Waals surface area contributed by atoms with Crippen molar-refractivity contribution in [1.29, 1.82) is 0 Å². The molecule has 26 heavy (non-hydrogen) atoms. The molecule has 0 saturated carbocycles. The Morgan fingerprint density at radius 3 is 2.42 bits per heavy atom. The first-order valence-electron chi connectivity index (χ1n) is 8.81. The molecule has 0 bridgehead atoms. The normalized spacial score (nSPS) is 18.4. The second-order valence-corrected chi connectivity index (χ2v) is 6.86. The van der Waals surface area contributed by atoms with Crippen LogP contribution < -0.4 is 4.74 Å². The van der Waals surface area contributed by atoms with Gasteiger partial charge < -0.3 is 4.74 Å². The lowest BCUT2D eigenvalue weighted by atomic mass is 9.67. The number of methoxy groups -OCH3 is 1. The largest absolute Gasteiger partial charge is 0.496 e. The van der Waals surface area contributed by atoms with Crippen LogP contribution in [0.3, 0.4) is 0 Å². The summed E-state index contributed by atoms with van der Waals surface area (Å²) in [6.07, 6.45) is 4.89. The molecule has 0 aliphatic heterocycles. The molecule has 3 aromatic rings. The van der Waals surface area contributed by atoms with E-state index in [2.05, 4.69) is 49.4 Å². The van der Waals surface area contributed by atoms with Crippen LogP contribution in [0, 0.1) is 12.7 Å². The fourth-order valence-corrected chi connectivity index (χ4v) is 3.91. The summed E-state index contributed by atoms with van der Waals surface area (Å²) in [5, 5.41) is 0. The third kappa shape index (κ3) is 2.62. The minimum Gasteiger partial charge on any atom is -0.496 e. The summed E-state index contributed by atoms with van der Waals surface area (Å²) in [5.74, 6) is 0.675. The van der Waals surface area contributed by atoms with E-state index in [0.29, 0.717) is 12.0 Å². The van der Waals surface area contributed by atoms with E-state index in [-0.39, 0.29) is 5.82 Å². The minimum absolute atomic E-state index is 0.177. The molecule has 0 N–H and O–H groups in total.